The van der Waals surface area contributed by atoms with Gasteiger partial charge >= 0.3 is 0 Å². The second-order valence-corrected chi connectivity index (χ2v) is 7.12. The molecule has 0 aliphatic heterocycles. The van der Waals surface area contributed by atoms with Gasteiger partial charge in [-0.2, -0.15) is 0 Å². The molecule has 2 nitrogen and oxygen atoms in total. The minimum Gasteiger partial charge on any atom is -0.454 e. The summed E-state index contributed by atoms with van der Waals surface area (Å²) < 4.78 is 5.24. The maximum Gasteiger partial charge on any atom is 0.292 e. The molecule has 1 atom stereocenters. The van der Waals surface area contributed by atoms with Crippen molar-refractivity contribution in [1.82, 2.24) is 0 Å². The predicted molar refractivity (Wildman–Crippen MR) is 43.4 cm³/mol. The summed E-state index contributed by atoms with van der Waals surface area (Å²) in [6.45, 7) is 4.06. The summed E-state index contributed by atoms with van der Waals surface area (Å²) in [6.07, 6.45) is 1.07. The van der Waals surface area contributed by atoms with Crippen LogP contribution >= 0.6 is 0 Å². The Morgan fingerprint density at radius 3 is 2.44 bits per heavy atom. The van der Waals surface area contributed by atoms with Crippen molar-refractivity contribution >= 4 is 18.8 Å². The number of rotatable bonds is 3. The summed E-state index contributed by atoms with van der Waals surface area (Å²) in [5.74, 6) is 0. The molecule has 52 valence electrons. The number of hydrogen-bond donors (Lipinski definition) is 0. The maximum absolute atomic E-state index is 8.63. The van der Waals surface area contributed by atoms with Gasteiger partial charge in [0.25, 0.3) is 8.32 Å². The van der Waals surface area contributed by atoms with E-state index in [-0.39, 0.29) is 0 Å². The Morgan fingerprint density at radius 1 is 1.78 bits per heavy atom. The van der Waals surface area contributed by atoms with Gasteiger partial charge in [0.1, 0.15) is 10.5 Å². The summed E-state index contributed by atoms with van der Waals surface area (Å²) in [7, 11) is -1.12. The van der Waals surface area contributed by atoms with E-state index in [1.807, 2.05) is 6.55 Å². The Hall–Kier alpha value is -0.116. The van der Waals surface area contributed by atoms with Crippen molar-refractivity contribution in [3.63, 3.8) is 0 Å². The second kappa shape index (κ2) is 3.82. The van der Waals surface area contributed by atoms with Crippen LogP contribution in [0.1, 0.15) is 13.3 Å². The summed E-state index contributed by atoms with van der Waals surface area (Å²) in [5, 5.41) is 8.63. The molecule has 1 unspecified atom stereocenters. The molecular formula is C5H13NOSi2. The lowest BCUT2D eigenvalue weighted by atomic mass is 10.6. The largest absolute Gasteiger partial charge is 0.454 e. The average molecular weight is 159 g/mol. The second-order valence-electron chi connectivity index (χ2n) is 2.30. The topological polar surface area (TPSA) is 33.0 Å². The lowest BCUT2D eigenvalue weighted by Gasteiger charge is -2.14. The van der Waals surface area contributed by atoms with E-state index in [0.29, 0.717) is 10.5 Å². The third kappa shape index (κ3) is 2.79. The van der Waals surface area contributed by atoms with Gasteiger partial charge in [-0.15, -0.1) is 0 Å². The van der Waals surface area contributed by atoms with E-state index in [1.54, 1.807) is 0 Å². The van der Waals surface area contributed by atoms with Gasteiger partial charge in [-0.05, 0) is 12.6 Å². The standard InChI is InChI=1S/C5H13NOSi2/c1-3-4-9(2,5-6)7-8/h3-4H2,1-2,8H3. The molecule has 0 amide bonds. The molecule has 0 fully saturated rings. The average Bonchev–Trinajstić information content (AvgIpc) is 1.89. The first-order valence-corrected chi connectivity index (χ1v) is 6.58. The SMILES string of the molecule is CCC[Si](C)(C#N)O[SiH3]. The predicted octanol–water partition coefficient (Wildman–Crippen LogP) is 0.331. The van der Waals surface area contributed by atoms with Gasteiger partial charge in [0.2, 0.25) is 0 Å². The molecule has 0 aromatic carbocycles. The molecule has 4 heteroatoms. The fraction of sp³-hybridized carbons (Fsp3) is 0.800. The number of nitriles is 1. The van der Waals surface area contributed by atoms with Crippen molar-refractivity contribution in [2.45, 2.75) is 25.9 Å². The smallest absolute Gasteiger partial charge is 0.292 e. The van der Waals surface area contributed by atoms with E-state index in [2.05, 4.69) is 12.6 Å². The molecule has 0 saturated carbocycles. The Kier molecular flexibility index (Phi) is 3.77. The molecule has 0 aromatic rings. The van der Waals surface area contributed by atoms with Crippen LogP contribution in [0, 0.1) is 11.0 Å². The third-order valence-corrected chi connectivity index (χ3v) is 6.95. The van der Waals surface area contributed by atoms with E-state index in [1.165, 1.54) is 0 Å². The van der Waals surface area contributed by atoms with Crippen molar-refractivity contribution < 1.29 is 4.12 Å². The summed E-state index contributed by atoms with van der Waals surface area (Å²) in [4.78, 5) is 0. The quantitative estimate of drug-likeness (QED) is 0.556. The summed E-state index contributed by atoms with van der Waals surface area (Å²) in [6, 6.07) is 0.979. The number of nitrogens with zero attached hydrogens (tertiary/aromatic N) is 1. The van der Waals surface area contributed by atoms with Crippen molar-refractivity contribution in [3.8, 4) is 5.69 Å². The zero-order valence-corrected chi connectivity index (χ0v) is 9.27. The van der Waals surface area contributed by atoms with Gasteiger partial charge in [-0.3, -0.25) is 0 Å². The van der Waals surface area contributed by atoms with Crippen molar-refractivity contribution in [1.29, 1.82) is 5.26 Å². The van der Waals surface area contributed by atoms with E-state index in [0.717, 1.165) is 12.5 Å². The molecular weight excluding hydrogens is 146 g/mol. The van der Waals surface area contributed by atoms with Crippen LogP contribution in [-0.2, 0) is 4.12 Å². The van der Waals surface area contributed by atoms with Crippen LogP contribution in [0.4, 0.5) is 0 Å². The summed E-state index contributed by atoms with van der Waals surface area (Å²) >= 11 is 0. The molecule has 0 aliphatic rings. The zero-order valence-electron chi connectivity index (χ0n) is 6.27. The monoisotopic (exact) mass is 159 g/mol. The first-order valence-electron chi connectivity index (χ1n) is 3.15. The maximum atomic E-state index is 8.63. The highest BCUT2D eigenvalue weighted by Crippen LogP contribution is 2.09. The third-order valence-electron chi connectivity index (χ3n) is 1.41. The van der Waals surface area contributed by atoms with Gasteiger partial charge in [0.15, 0.2) is 0 Å². The number of hydrogen-bond acceptors (Lipinski definition) is 2. The van der Waals surface area contributed by atoms with E-state index in [4.69, 9.17) is 9.38 Å². The highest BCUT2D eigenvalue weighted by molar-refractivity contribution is 6.81. The first kappa shape index (κ1) is 8.88. The molecule has 0 N–H and O–H groups in total. The van der Waals surface area contributed by atoms with Gasteiger partial charge in [0.05, 0.1) is 5.69 Å². The molecule has 0 radical (unpaired) electrons. The Labute approximate surface area is 60.5 Å². The molecule has 0 spiro atoms. The molecule has 9 heavy (non-hydrogen) atoms. The van der Waals surface area contributed by atoms with E-state index < -0.39 is 8.32 Å². The van der Waals surface area contributed by atoms with Crippen LogP contribution < -0.4 is 0 Å². The Bertz CT molecular complexity index is 123. The van der Waals surface area contributed by atoms with E-state index in [9.17, 15) is 0 Å². The minimum absolute atomic E-state index is 0.710. The van der Waals surface area contributed by atoms with Gasteiger partial charge in [-0.1, -0.05) is 13.3 Å². The van der Waals surface area contributed by atoms with Crippen LogP contribution in [0.3, 0.4) is 0 Å². The Balaban J connectivity index is 3.81. The lowest BCUT2D eigenvalue weighted by Crippen LogP contribution is -2.31. The fourth-order valence-corrected chi connectivity index (χ4v) is 2.93. The van der Waals surface area contributed by atoms with Gasteiger partial charge in [0, 0.05) is 0 Å². The molecule has 0 heterocycles. The van der Waals surface area contributed by atoms with Crippen molar-refractivity contribution in [3.05, 3.63) is 0 Å². The zero-order chi connectivity index (χ0) is 7.33. The lowest BCUT2D eigenvalue weighted by molar-refractivity contribution is 0.612. The molecule has 0 rings (SSSR count). The Morgan fingerprint density at radius 2 is 2.33 bits per heavy atom. The molecule has 0 saturated heterocycles. The van der Waals surface area contributed by atoms with Crippen LogP contribution in [-0.4, -0.2) is 18.8 Å². The van der Waals surface area contributed by atoms with Crippen LogP contribution in [0.25, 0.3) is 0 Å². The minimum atomic E-state index is -1.83. The summed E-state index contributed by atoms with van der Waals surface area (Å²) in [5.41, 5.74) is 2.28. The van der Waals surface area contributed by atoms with Crippen LogP contribution in [0.2, 0.25) is 12.6 Å². The van der Waals surface area contributed by atoms with Gasteiger partial charge in [-0.25, -0.2) is 5.26 Å². The fourth-order valence-electron chi connectivity index (χ4n) is 0.681. The molecule has 0 aromatic heterocycles. The normalized spacial score (nSPS) is 16.6. The van der Waals surface area contributed by atoms with E-state index >= 15 is 0 Å². The first-order chi connectivity index (χ1) is 4.18. The van der Waals surface area contributed by atoms with Crippen molar-refractivity contribution in [2.75, 3.05) is 0 Å². The molecule has 0 aliphatic carbocycles. The van der Waals surface area contributed by atoms with Crippen molar-refractivity contribution in [2.24, 2.45) is 0 Å². The molecule has 0 bridgehead atoms. The van der Waals surface area contributed by atoms with Crippen LogP contribution in [0.5, 0.6) is 0 Å². The highest BCUT2D eigenvalue weighted by atomic mass is 28.4. The van der Waals surface area contributed by atoms with Gasteiger partial charge < -0.3 is 4.12 Å². The highest BCUT2D eigenvalue weighted by Gasteiger charge is 2.25. The van der Waals surface area contributed by atoms with Crippen LogP contribution in [0.15, 0.2) is 0 Å².